The van der Waals surface area contributed by atoms with E-state index >= 15 is 0 Å². The van der Waals surface area contributed by atoms with Crippen LogP contribution in [-0.2, 0) is 16.1 Å². The lowest BCUT2D eigenvalue weighted by atomic mass is 10.0. The van der Waals surface area contributed by atoms with Gasteiger partial charge in [0.15, 0.2) is 0 Å². The maximum atomic E-state index is 12.5. The van der Waals surface area contributed by atoms with E-state index in [-0.39, 0.29) is 17.9 Å². The topological polar surface area (TPSA) is 53.0 Å². The van der Waals surface area contributed by atoms with Gasteiger partial charge in [-0.25, -0.2) is 0 Å². The normalized spacial score (nSPS) is 18.9. The van der Waals surface area contributed by atoms with Gasteiger partial charge in [0.2, 0.25) is 5.91 Å². The molecule has 1 amide bonds. The van der Waals surface area contributed by atoms with Crippen LogP contribution in [0.5, 0.6) is 0 Å². The Hall–Kier alpha value is -1.43. The van der Waals surface area contributed by atoms with E-state index in [1.54, 1.807) is 0 Å². The monoisotopic (exact) mass is 320 g/mol. The number of amides is 1. The lowest BCUT2D eigenvalue weighted by Crippen LogP contribution is -2.56. The third-order valence-electron chi connectivity index (χ3n) is 4.17. The van der Waals surface area contributed by atoms with Crippen molar-refractivity contribution >= 4 is 5.91 Å². The molecule has 1 aromatic carbocycles. The third-order valence-corrected chi connectivity index (χ3v) is 4.17. The van der Waals surface area contributed by atoms with Crippen LogP contribution >= 0.6 is 0 Å². The summed E-state index contributed by atoms with van der Waals surface area (Å²) in [7, 11) is 1.96. The molecule has 5 nitrogen and oxygen atoms in total. The van der Waals surface area contributed by atoms with E-state index in [0.717, 1.165) is 6.54 Å². The van der Waals surface area contributed by atoms with E-state index in [2.05, 4.69) is 12.1 Å². The van der Waals surface area contributed by atoms with E-state index in [4.69, 9.17) is 4.74 Å². The average molecular weight is 320 g/mol. The van der Waals surface area contributed by atoms with Crippen LogP contribution in [0, 0.1) is 0 Å². The van der Waals surface area contributed by atoms with Crippen LogP contribution in [0.1, 0.15) is 25.8 Å². The van der Waals surface area contributed by atoms with Crippen molar-refractivity contribution in [1.82, 2.24) is 9.80 Å². The van der Waals surface area contributed by atoms with Crippen molar-refractivity contribution in [2.75, 3.05) is 33.4 Å². The first-order valence-electron chi connectivity index (χ1n) is 8.17. The van der Waals surface area contributed by atoms with Crippen LogP contribution in [0.15, 0.2) is 30.3 Å². The zero-order chi connectivity index (χ0) is 16.9. The summed E-state index contributed by atoms with van der Waals surface area (Å²) in [6.45, 7) is 6.94. The quantitative estimate of drug-likeness (QED) is 0.863. The van der Waals surface area contributed by atoms with Gasteiger partial charge in [-0.1, -0.05) is 30.3 Å². The molecule has 1 saturated heterocycles. The summed E-state index contributed by atoms with van der Waals surface area (Å²) in [5, 5.41) is 10.2. The van der Waals surface area contributed by atoms with E-state index in [0.29, 0.717) is 26.3 Å². The highest BCUT2D eigenvalue weighted by Crippen LogP contribution is 2.20. The summed E-state index contributed by atoms with van der Waals surface area (Å²) in [4.78, 5) is 16.3. The molecule has 1 aromatic rings. The molecule has 1 fully saturated rings. The van der Waals surface area contributed by atoms with Gasteiger partial charge < -0.3 is 14.7 Å². The van der Waals surface area contributed by atoms with Crippen LogP contribution in [0.3, 0.4) is 0 Å². The Bertz CT molecular complexity index is 504. The lowest BCUT2D eigenvalue weighted by Gasteiger charge is -2.42. The standard InChI is InChI=1S/C18H28N2O3/c1-18(2)14-23-10-9-20(18)17(22)11-16(21)13-19(3)12-15-7-5-4-6-8-15/h4-8,16,21H,9-14H2,1-3H3. The molecule has 0 bridgehead atoms. The summed E-state index contributed by atoms with van der Waals surface area (Å²) >= 11 is 0. The van der Waals surface area contributed by atoms with Gasteiger partial charge in [0.25, 0.3) is 0 Å². The number of morpholine rings is 1. The zero-order valence-corrected chi connectivity index (χ0v) is 14.4. The number of ether oxygens (including phenoxy) is 1. The number of benzene rings is 1. The van der Waals surface area contributed by atoms with Crippen molar-refractivity contribution in [2.45, 2.75) is 38.5 Å². The van der Waals surface area contributed by atoms with E-state index < -0.39 is 6.10 Å². The van der Waals surface area contributed by atoms with Gasteiger partial charge in [0.05, 0.1) is 31.3 Å². The number of hydrogen-bond acceptors (Lipinski definition) is 4. The molecule has 128 valence electrons. The molecular weight excluding hydrogens is 292 g/mol. The maximum Gasteiger partial charge on any atom is 0.225 e. The van der Waals surface area contributed by atoms with E-state index in [1.807, 2.05) is 48.9 Å². The highest BCUT2D eigenvalue weighted by molar-refractivity contribution is 5.77. The Labute approximate surface area is 138 Å². The van der Waals surface area contributed by atoms with Crippen molar-refractivity contribution in [2.24, 2.45) is 0 Å². The predicted octanol–water partition coefficient (Wildman–Crippen LogP) is 1.51. The number of aliphatic hydroxyl groups is 1. The molecule has 5 heteroatoms. The lowest BCUT2D eigenvalue weighted by molar-refractivity contribution is -0.148. The third kappa shape index (κ3) is 5.30. The largest absolute Gasteiger partial charge is 0.391 e. The molecule has 1 unspecified atom stereocenters. The van der Waals surface area contributed by atoms with Crippen molar-refractivity contribution in [3.8, 4) is 0 Å². The van der Waals surface area contributed by atoms with Crippen LogP contribution in [0.4, 0.5) is 0 Å². The highest BCUT2D eigenvalue weighted by Gasteiger charge is 2.34. The van der Waals surface area contributed by atoms with Gasteiger partial charge in [-0.15, -0.1) is 0 Å². The van der Waals surface area contributed by atoms with Crippen molar-refractivity contribution in [3.63, 3.8) is 0 Å². The molecule has 0 aromatic heterocycles. The Morgan fingerprint density at radius 2 is 2.09 bits per heavy atom. The number of likely N-dealkylation sites (N-methyl/N-ethyl adjacent to an activating group) is 1. The van der Waals surface area contributed by atoms with Gasteiger partial charge in [-0.05, 0) is 26.5 Å². The molecule has 1 atom stereocenters. The zero-order valence-electron chi connectivity index (χ0n) is 14.4. The molecule has 1 aliphatic heterocycles. The Morgan fingerprint density at radius 1 is 1.39 bits per heavy atom. The number of hydrogen-bond donors (Lipinski definition) is 1. The number of carbonyl (C=O) groups is 1. The smallest absolute Gasteiger partial charge is 0.225 e. The molecule has 0 saturated carbocycles. The SMILES string of the molecule is CN(Cc1ccccc1)CC(O)CC(=O)N1CCOCC1(C)C. The minimum Gasteiger partial charge on any atom is -0.391 e. The van der Waals surface area contributed by atoms with Gasteiger partial charge in [-0.3, -0.25) is 9.69 Å². The Balaban J connectivity index is 1.81. The first kappa shape index (κ1) is 17.9. The second-order valence-electron chi connectivity index (χ2n) is 6.95. The van der Waals surface area contributed by atoms with Crippen LogP contribution in [-0.4, -0.2) is 65.8 Å². The van der Waals surface area contributed by atoms with E-state index in [1.165, 1.54) is 5.56 Å². The van der Waals surface area contributed by atoms with Crippen LogP contribution in [0.2, 0.25) is 0 Å². The van der Waals surface area contributed by atoms with Crippen LogP contribution < -0.4 is 0 Å². The minimum absolute atomic E-state index is 0.00101. The second kappa shape index (κ2) is 7.90. The fourth-order valence-electron chi connectivity index (χ4n) is 3.02. The highest BCUT2D eigenvalue weighted by atomic mass is 16.5. The summed E-state index contributed by atoms with van der Waals surface area (Å²) in [5.74, 6) is -0.00101. The first-order chi connectivity index (χ1) is 10.9. The fourth-order valence-corrected chi connectivity index (χ4v) is 3.02. The number of carbonyl (C=O) groups excluding carboxylic acids is 1. The van der Waals surface area contributed by atoms with Gasteiger partial charge >= 0.3 is 0 Å². The molecule has 1 heterocycles. The minimum atomic E-state index is -0.658. The van der Waals surface area contributed by atoms with Crippen molar-refractivity contribution < 1.29 is 14.6 Å². The molecule has 0 aliphatic carbocycles. The van der Waals surface area contributed by atoms with Crippen molar-refractivity contribution in [3.05, 3.63) is 35.9 Å². The number of aliphatic hydroxyl groups excluding tert-OH is 1. The molecule has 1 N–H and O–H groups in total. The van der Waals surface area contributed by atoms with Gasteiger partial charge in [0.1, 0.15) is 0 Å². The average Bonchev–Trinajstić information content (AvgIpc) is 2.47. The maximum absolute atomic E-state index is 12.5. The Morgan fingerprint density at radius 3 is 2.74 bits per heavy atom. The van der Waals surface area contributed by atoms with Gasteiger partial charge in [0, 0.05) is 19.6 Å². The number of nitrogens with zero attached hydrogens (tertiary/aromatic N) is 2. The fraction of sp³-hybridized carbons (Fsp3) is 0.611. The summed E-state index contributed by atoms with van der Waals surface area (Å²) in [5.41, 5.74) is 0.896. The molecule has 0 spiro atoms. The molecule has 1 aliphatic rings. The van der Waals surface area contributed by atoms with Crippen LogP contribution in [0.25, 0.3) is 0 Å². The predicted molar refractivity (Wildman–Crippen MR) is 90.0 cm³/mol. The molecular formula is C18H28N2O3. The van der Waals surface area contributed by atoms with Crippen molar-refractivity contribution in [1.29, 1.82) is 0 Å². The summed E-state index contributed by atoms with van der Waals surface area (Å²) < 4.78 is 5.44. The molecule has 0 radical (unpaired) electrons. The molecule has 23 heavy (non-hydrogen) atoms. The van der Waals surface area contributed by atoms with E-state index in [9.17, 15) is 9.90 Å². The number of rotatable bonds is 6. The first-order valence-corrected chi connectivity index (χ1v) is 8.17. The molecule has 2 rings (SSSR count). The summed E-state index contributed by atoms with van der Waals surface area (Å²) in [6, 6.07) is 10.1. The van der Waals surface area contributed by atoms with Gasteiger partial charge in [-0.2, -0.15) is 0 Å². The summed E-state index contributed by atoms with van der Waals surface area (Å²) in [6.07, 6.45) is -0.502. The Kier molecular flexibility index (Phi) is 6.16. The second-order valence-corrected chi connectivity index (χ2v) is 6.95.